The molecule has 0 aliphatic heterocycles. The number of hydrogen-bond acceptors (Lipinski definition) is 4. The largest absolute Gasteiger partial charge is 0.354 e. The molecule has 1 amide bonds. The Morgan fingerprint density at radius 2 is 2.00 bits per heavy atom. The Morgan fingerprint density at radius 3 is 2.59 bits per heavy atom. The van der Waals surface area contributed by atoms with E-state index in [0.29, 0.717) is 23.5 Å². The van der Waals surface area contributed by atoms with Crippen molar-refractivity contribution in [3.63, 3.8) is 0 Å². The van der Waals surface area contributed by atoms with Gasteiger partial charge in [0.05, 0.1) is 0 Å². The molecule has 22 heavy (non-hydrogen) atoms. The van der Waals surface area contributed by atoms with Crippen molar-refractivity contribution in [2.75, 3.05) is 0 Å². The van der Waals surface area contributed by atoms with Crippen LogP contribution >= 0.6 is 0 Å². The van der Waals surface area contributed by atoms with Gasteiger partial charge >= 0.3 is 0 Å². The number of nitrogens with zero attached hydrogens (tertiary/aromatic N) is 2. The summed E-state index contributed by atoms with van der Waals surface area (Å²) in [4.78, 5) is 35.1. The first-order valence-electron chi connectivity index (χ1n) is 7.27. The zero-order valence-electron chi connectivity index (χ0n) is 13.0. The van der Waals surface area contributed by atoms with Crippen molar-refractivity contribution >= 4 is 5.91 Å². The van der Waals surface area contributed by atoms with Crippen molar-refractivity contribution in [1.82, 2.24) is 20.3 Å². The highest BCUT2D eigenvalue weighted by Crippen LogP contribution is 2.13. The van der Waals surface area contributed by atoms with Crippen LogP contribution in [0.4, 0.5) is 0 Å². The highest BCUT2D eigenvalue weighted by atomic mass is 16.1. The molecule has 2 aromatic rings. The van der Waals surface area contributed by atoms with Gasteiger partial charge in [-0.15, -0.1) is 0 Å². The summed E-state index contributed by atoms with van der Waals surface area (Å²) in [5.74, 6) is 0.451. The van der Waals surface area contributed by atoms with E-state index in [9.17, 15) is 9.59 Å². The van der Waals surface area contributed by atoms with Crippen LogP contribution in [0.25, 0.3) is 11.4 Å². The fourth-order valence-corrected chi connectivity index (χ4v) is 2.18. The van der Waals surface area contributed by atoms with E-state index >= 15 is 0 Å². The minimum atomic E-state index is -0.198. The Morgan fingerprint density at radius 1 is 1.32 bits per heavy atom. The van der Waals surface area contributed by atoms with E-state index < -0.39 is 0 Å². The van der Waals surface area contributed by atoms with Crippen molar-refractivity contribution in [3.8, 4) is 11.4 Å². The molecule has 0 saturated carbocycles. The number of amides is 1. The molecule has 0 radical (unpaired) electrons. The lowest BCUT2D eigenvalue weighted by Gasteiger charge is -2.09. The summed E-state index contributed by atoms with van der Waals surface area (Å²) >= 11 is 0. The molecule has 2 N–H and O–H groups in total. The second-order valence-corrected chi connectivity index (χ2v) is 5.44. The molecule has 0 aromatic carbocycles. The number of nitrogens with one attached hydrogen (secondary N) is 2. The van der Waals surface area contributed by atoms with E-state index in [0.717, 1.165) is 5.56 Å². The maximum atomic E-state index is 12.2. The van der Waals surface area contributed by atoms with E-state index in [4.69, 9.17) is 0 Å². The van der Waals surface area contributed by atoms with Gasteiger partial charge < -0.3 is 10.3 Å². The van der Waals surface area contributed by atoms with Gasteiger partial charge in [0, 0.05) is 41.7 Å². The summed E-state index contributed by atoms with van der Waals surface area (Å²) in [7, 11) is 0. The average Bonchev–Trinajstić information content (AvgIpc) is 2.46. The Labute approximate surface area is 129 Å². The first-order valence-corrected chi connectivity index (χ1v) is 7.27. The number of carbonyl (C=O) groups excluding carboxylic acids is 1. The molecular weight excluding hydrogens is 280 g/mol. The van der Waals surface area contributed by atoms with Crippen molar-refractivity contribution in [2.45, 2.75) is 39.7 Å². The van der Waals surface area contributed by atoms with E-state index in [1.165, 1.54) is 0 Å². The molecule has 2 rings (SSSR count). The molecule has 0 spiro atoms. The lowest BCUT2D eigenvalue weighted by atomic mass is 10.1. The maximum Gasteiger partial charge on any atom is 0.254 e. The average molecular weight is 300 g/mol. The molecule has 116 valence electrons. The molecule has 0 bridgehead atoms. The first-order chi connectivity index (χ1) is 10.5. The predicted molar refractivity (Wildman–Crippen MR) is 84.4 cm³/mol. The number of aryl methyl sites for hydroxylation is 1. The quantitative estimate of drug-likeness (QED) is 0.878. The van der Waals surface area contributed by atoms with Crippen molar-refractivity contribution in [1.29, 1.82) is 0 Å². The van der Waals surface area contributed by atoms with Crippen molar-refractivity contribution in [3.05, 3.63) is 46.1 Å². The number of H-pyrrole nitrogens is 1. The van der Waals surface area contributed by atoms with Crippen LogP contribution in [-0.2, 0) is 11.2 Å². The highest BCUT2D eigenvalue weighted by molar-refractivity contribution is 5.76. The van der Waals surface area contributed by atoms with Gasteiger partial charge in [-0.3, -0.25) is 14.6 Å². The third-order valence-electron chi connectivity index (χ3n) is 3.23. The van der Waals surface area contributed by atoms with Gasteiger partial charge in [-0.05, 0) is 39.3 Å². The minimum Gasteiger partial charge on any atom is -0.354 e. The van der Waals surface area contributed by atoms with Crippen LogP contribution in [0.15, 0.2) is 29.3 Å². The van der Waals surface area contributed by atoms with Gasteiger partial charge in [-0.2, -0.15) is 0 Å². The standard InChI is InChI=1S/C16H20N4O2/c1-10(2)18-14(21)5-4-13-11(3)19-15(20-16(13)22)12-6-8-17-9-7-12/h6-10H,4-5H2,1-3H3,(H,18,21)(H,19,20,22). The van der Waals surface area contributed by atoms with E-state index in [1.54, 1.807) is 31.5 Å². The minimum absolute atomic E-state index is 0.0630. The van der Waals surface area contributed by atoms with Gasteiger partial charge in [0.2, 0.25) is 5.91 Å². The molecular formula is C16H20N4O2. The van der Waals surface area contributed by atoms with Crippen molar-refractivity contribution < 1.29 is 4.79 Å². The fraction of sp³-hybridized carbons (Fsp3) is 0.375. The summed E-state index contributed by atoms with van der Waals surface area (Å²) in [5, 5.41) is 2.81. The zero-order chi connectivity index (χ0) is 16.1. The number of hydrogen-bond donors (Lipinski definition) is 2. The van der Waals surface area contributed by atoms with E-state index in [1.807, 2.05) is 13.8 Å². The normalized spacial score (nSPS) is 10.7. The van der Waals surface area contributed by atoms with Crippen LogP contribution < -0.4 is 10.9 Å². The smallest absolute Gasteiger partial charge is 0.254 e. The zero-order valence-corrected chi connectivity index (χ0v) is 13.0. The van der Waals surface area contributed by atoms with Gasteiger partial charge in [0.25, 0.3) is 5.56 Å². The maximum absolute atomic E-state index is 12.2. The van der Waals surface area contributed by atoms with Crippen LogP contribution in [0.5, 0.6) is 0 Å². The molecule has 0 unspecified atom stereocenters. The number of carbonyl (C=O) groups is 1. The van der Waals surface area contributed by atoms with Gasteiger partial charge in [-0.1, -0.05) is 0 Å². The molecule has 2 heterocycles. The van der Waals surface area contributed by atoms with Crippen LogP contribution in [0.2, 0.25) is 0 Å². The fourth-order valence-electron chi connectivity index (χ4n) is 2.18. The first kappa shape index (κ1) is 15.9. The monoisotopic (exact) mass is 300 g/mol. The third kappa shape index (κ3) is 4.00. The highest BCUT2D eigenvalue weighted by Gasteiger charge is 2.12. The SMILES string of the molecule is Cc1nc(-c2ccncc2)[nH]c(=O)c1CCC(=O)NC(C)C. The molecule has 0 saturated heterocycles. The predicted octanol–water partition coefficient (Wildman–Crippen LogP) is 1.60. The third-order valence-corrected chi connectivity index (χ3v) is 3.23. The number of rotatable bonds is 5. The topological polar surface area (TPSA) is 87.7 Å². The number of aromatic nitrogens is 3. The second-order valence-electron chi connectivity index (χ2n) is 5.44. The van der Waals surface area contributed by atoms with Crippen LogP contribution in [0.1, 0.15) is 31.5 Å². The Bertz CT molecular complexity index is 708. The van der Waals surface area contributed by atoms with E-state index in [-0.39, 0.29) is 23.9 Å². The number of pyridine rings is 1. The van der Waals surface area contributed by atoms with Gasteiger partial charge in [0.15, 0.2) is 0 Å². The molecule has 2 aromatic heterocycles. The Hall–Kier alpha value is -2.50. The molecule has 6 heteroatoms. The summed E-state index contributed by atoms with van der Waals surface area (Å²) < 4.78 is 0. The van der Waals surface area contributed by atoms with Gasteiger partial charge in [-0.25, -0.2) is 4.98 Å². The molecule has 0 aliphatic rings. The molecule has 0 aliphatic carbocycles. The number of aromatic amines is 1. The van der Waals surface area contributed by atoms with Crippen molar-refractivity contribution in [2.24, 2.45) is 0 Å². The molecule has 6 nitrogen and oxygen atoms in total. The molecule has 0 fully saturated rings. The van der Waals surface area contributed by atoms with Gasteiger partial charge in [0.1, 0.15) is 5.82 Å². The lowest BCUT2D eigenvalue weighted by Crippen LogP contribution is -2.31. The Balaban J connectivity index is 2.18. The van der Waals surface area contributed by atoms with E-state index in [2.05, 4.69) is 20.3 Å². The van der Waals surface area contributed by atoms with Crippen LogP contribution in [-0.4, -0.2) is 26.9 Å². The molecule has 0 atom stereocenters. The lowest BCUT2D eigenvalue weighted by molar-refractivity contribution is -0.121. The second kappa shape index (κ2) is 6.98. The summed E-state index contributed by atoms with van der Waals surface area (Å²) in [5.41, 5.74) is 1.81. The Kier molecular flexibility index (Phi) is 5.04. The summed E-state index contributed by atoms with van der Waals surface area (Å²) in [6.07, 6.45) is 3.95. The van der Waals surface area contributed by atoms with Crippen LogP contribution in [0, 0.1) is 6.92 Å². The summed E-state index contributed by atoms with van der Waals surface area (Å²) in [6.45, 7) is 5.59. The van der Waals surface area contributed by atoms with Crippen LogP contribution in [0.3, 0.4) is 0 Å². The summed E-state index contributed by atoms with van der Waals surface area (Å²) in [6, 6.07) is 3.67.